The molecule has 9 atom stereocenters. The monoisotopic (exact) mass is 481 g/mol. The Balaban J connectivity index is 1.36. The topological polar surface area (TPSA) is 60.1 Å². The Kier molecular flexibility index (Phi) is 6.41. The van der Waals surface area contributed by atoms with Gasteiger partial charge in [-0.05, 0) is 111 Å². The summed E-state index contributed by atoms with van der Waals surface area (Å²) in [6.07, 6.45) is 15.7. The maximum Gasteiger partial charge on any atom is 0.102 e. The molecule has 1 heterocycles. The molecule has 1 aromatic rings. The minimum absolute atomic E-state index is 0.275. The van der Waals surface area contributed by atoms with E-state index in [4.69, 9.17) is 9.47 Å². The Morgan fingerprint density at radius 2 is 1.83 bits per heavy atom. The maximum atomic E-state index is 9.24. The van der Waals surface area contributed by atoms with E-state index in [0.717, 1.165) is 30.3 Å². The Bertz CT molecular complexity index is 969. The SMILES string of the molecule is COC[C@@]1(C)CC[C@@]2(C)[C@H](CC[C@@H]3[C@@H]2CC[C@@]2(C)[C@H]3CC[C@@H]2[C@](C)(Cn2cc(C#N)cn2)OC)C1. The second kappa shape index (κ2) is 8.88. The summed E-state index contributed by atoms with van der Waals surface area (Å²) in [5.74, 6) is 3.92. The number of nitriles is 1. The average molecular weight is 482 g/mol. The fourth-order valence-corrected chi connectivity index (χ4v) is 10.2. The molecule has 4 aliphatic rings. The minimum atomic E-state index is -0.275. The molecular formula is C30H47N3O2. The van der Waals surface area contributed by atoms with Crippen molar-refractivity contribution in [2.24, 2.45) is 45.8 Å². The standard InChI is InChI=1S/C30H47N3O2/c1-27(20-34-5)13-14-28(2)22(15-27)7-8-23-24-9-10-26(29(24,3)12-11-25(23)28)30(4,35-6)19-33-18-21(16-31)17-32-33/h17-18,22-26H,7-15,19-20H2,1-6H3/t22-,23+,24+,25+,26+,27+,28+,29+,30+/m1/s1. The lowest BCUT2D eigenvalue weighted by Crippen LogP contribution is -2.56. The molecule has 0 saturated heterocycles. The molecule has 0 aromatic carbocycles. The van der Waals surface area contributed by atoms with Gasteiger partial charge in [-0.2, -0.15) is 10.4 Å². The predicted octanol–water partition coefficient (Wildman–Crippen LogP) is 6.47. The number of ether oxygens (including phenoxy) is 2. The van der Waals surface area contributed by atoms with Crippen LogP contribution in [0, 0.1) is 57.2 Å². The van der Waals surface area contributed by atoms with E-state index in [0.29, 0.717) is 34.3 Å². The molecule has 0 N–H and O–H groups in total. The van der Waals surface area contributed by atoms with Gasteiger partial charge < -0.3 is 9.47 Å². The molecule has 0 unspecified atom stereocenters. The third kappa shape index (κ3) is 3.98. The van der Waals surface area contributed by atoms with Crippen LogP contribution in [0.4, 0.5) is 0 Å². The van der Waals surface area contributed by atoms with Crippen molar-refractivity contribution in [1.29, 1.82) is 5.26 Å². The Morgan fingerprint density at radius 1 is 1.06 bits per heavy atom. The molecule has 4 fully saturated rings. The number of hydrogen-bond donors (Lipinski definition) is 0. The van der Waals surface area contributed by atoms with Gasteiger partial charge in [-0.1, -0.05) is 20.8 Å². The first-order valence-electron chi connectivity index (χ1n) is 14.1. The van der Waals surface area contributed by atoms with E-state index in [-0.39, 0.29) is 5.60 Å². The van der Waals surface area contributed by atoms with Gasteiger partial charge in [0.25, 0.3) is 0 Å². The van der Waals surface area contributed by atoms with E-state index in [1.165, 1.54) is 57.8 Å². The average Bonchev–Trinajstić information content (AvgIpc) is 3.43. The zero-order chi connectivity index (χ0) is 25.1. The molecule has 4 aliphatic carbocycles. The van der Waals surface area contributed by atoms with Crippen LogP contribution in [0.1, 0.15) is 91.0 Å². The normalized spacial score (nSPS) is 44.5. The summed E-state index contributed by atoms with van der Waals surface area (Å²) < 4.78 is 13.9. The lowest BCUT2D eigenvalue weighted by Gasteiger charge is -2.63. The number of methoxy groups -OCH3 is 2. The minimum Gasteiger partial charge on any atom is -0.384 e. The summed E-state index contributed by atoms with van der Waals surface area (Å²) in [4.78, 5) is 0. The van der Waals surface area contributed by atoms with Gasteiger partial charge in [-0.3, -0.25) is 4.68 Å². The number of fused-ring (bicyclic) bond motifs is 5. The molecule has 5 heteroatoms. The predicted molar refractivity (Wildman–Crippen MR) is 138 cm³/mol. The van der Waals surface area contributed by atoms with Crippen LogP contribution in [0.25, 0.3) is 0 Å². The third-order valence-electron chi connectivity index (χ3n) is 12.0. The molecule has 0 bridgehead atoms. The highest BCUT2D eigenvalue weighted by molar-refractivity contribution is 5.22. The first-order valence-corrected chi connectivity index (χ1v) is 14.1. The smallest absolute Gasteiger partial charge is 0.102 e. The highest BCUT2D eigenvalue weighted by atomic mass is 16.5. The van der Waals surface area contributed by atoms with Crippen molar-refractivity contribution in [3.63, 3.8) is 0 Å². The van der Waals surface area contributed by atoms with Crippen LogP contribution in [-0.4, -0.2) is 36.2 Å². The lowest BCUT2D eigenvalue weighted by molar-refractivity contribution is -0.157. The van der Waals surface area contributed by atoms with E-state index in [1.54, 1.807) is 6.20 Å². The second-order valence-electron chi connectivity index (χ2n) is 13.8. The number of hydrogen-bond acceptors (Lipinski definition) is 4. The van der Waals surface area contributed by atoms with Gasteiger partial charge in [0, 0.05) is 20.4 Å². The number of rotatable bonds is 6. The molecule has 4 saturated carbocycles. The van der Waals surface area contributed by atoms with Crippen molar-refractivity contribution < 1.29 is 9.47 Å². The van der Waals surface area contributed by atoms with Crippen molar-refractivity contribution in [2.75, 3.05) is 20.8 Å². The van der Waals surface area contributed by atoms with Crippen molar-refractivity contribution >= 4 is 0 Å². The highest BCUT2D eigenvalue weighted by Crippen LogP contribution is 2.69. The van der Waals surface area contributed by atoms with Crippen LogP contribution in [0.15, 0.2) is 12.4 Å². The van der Waals surface area contributed by atoms with Crippen LogP contribution in [-0.2, 0) is 16.0 Å². The highest BCUT2D eigenvalue weighted by Gasteiger charge is 2.63. The van der Waals surface area contributed by atoms with Crippen LogP contribution in [0.3, 0.4) is 0 Å². The molecule has 1 aromatic heterocycles. The molecule has 5 rings (SSSR count). The molecule has 5 nitrogen and oxygen atoms in total. The summed E-state index contributed by atoms with van der Waals surface area (Å²) >= 11 is 0. The van der Waals surface area contributed by atoms with Crippen LogP contribution in [0.2, 0.25) is 0 Å². The first kappa shape index (κ1) is 25.3. The zero-order valence-electron chi connectivity index (χ0n) is 23.0. The summed E-state index contributed by atoms with van der Waals surface area (Å²) in [5.41, 5.74) is 1.54. The zero-order valence-corrected chi connectivity index (χ0v) is 23.0. The van der Waals surface area contributed by atoms with Crippen molar-refractivity contribution in [3.05, 3.63) is 18.0 Å². The molecular weight excluding hydrogens is 434 g/mol. The molecule has 0 amide bonds. The van der Waals surface area contributed by atoms with Crippen LogP contribution >= 0.6 is 0 Å². The van der Waals surface area contributed by atoms with E-state index < -0.39 is 0 Å². The summed E-state index contributed by atoms with van der Waals surface area (Å²) in [7, 11) is 3.75. The van der Waals surface area contributed by atoms with Gasteiger partial charge in [0.15, 0.2) is 0 Å². The maximum absolute atomic E-state index is 9.24. The van der Waals surface area contributed by atoms with Gasteiger partial charge >= 0.3 is 0 Å². The van der Waals surface area contributed by atoms with Crippen LogP contribution < -0.4 is 0 Å². The third-order valence-corrected chi connectivity index (χ3v) is 12.0. The molecule has 35 heavy (non-hydrogen) atoms. The lowest BCUT2D eigenvalue weighted by atomic mass is 9.43. The van der Waals surface area contributed by atoms with Crippen LogP contribution in [0.5, 0.6) is 0 Å². The Hall–Kier alpha value is -1.38. The van der Waals surface area contributed by atoms with E-state index in [9.17, 15) is 5.26 Å². The summed E-state index contributed by atoms with van der Waals surface area (Å²) in [6.45, 7) is 11.6. The van der Waals surface area contributed by atoms with Gasteiger partial charge in [0.2, 0.25) is 0 Å². The number of aromatic nitrogens is 2. The van der Waals surface area contributed by atoms with Gasteiger partial charge in [0.05, 0.1) is 30.5 Å². The first-order chi connectivity index (χ1) is 16.6. The van der Waals surface area contributed by atoms with Gasteiger partial charge in [0.1, 0.15) is 6.07 Å². The van der Waals surface area contributed by atoms with E-state index >= 15 is 0 Å². The van der Waals surface area contributed by atoms with Crippen molar-refractivity contribution in [1.82, 2.24) is 9.78 Å². The quantitative estimate of drug-likeness (QED) is 0.467. The van der Waals surface area contributed by atoms with E-state index in [2.05, 4.69) is 38.9 Å². The Morgan fingerprint density at radius 3 is 2.51 bits per heavy atom. The molecule has 0 spiro atoms. The van der Waals surface area contributed by atoms with E-state index in [1.807, 2.05) is 25.1 Å². The molecule has 194 valence electrons. The van der Waals surface area contributed by atoms with Gasteiger partial charge in [-0.25, -0.2) is 0 Å². The molecule has 0 aliphatic heterocycles. The molecule has 0 radical (unpaired) electrons. The summed E-state index contributed by atoms with van der Waals surface area (Å²) in [5, 5.41) is 13.7. The largest absolute Gasteiger partial charge is 0.384 e. The second-order valence-corrected chi connectivity index (χ2v) is 13.8. The van der Waals surface area contributed by atoms with Crippen molar-refractivity contribution in [2.45, 2.75) is 97.6 Å². The number of nitrogens with zero attached hydrogens (tertiary/aromatic N) is 3. The fourth-order valence-electron chi connectivity index (χ4n) is 10.2. The van der Waals surface area contributed by atoms with Crippen molar-refractivity contribution in [3.8, 4) is 6.07 Å². The summed E-state index contributed by atoms with van der Waals surface area (Å²) in [6, 6.07) is 2.21. The van der Waals surface area contributed by atoms with Gasteiger partial charge in [-0.15, -0.1) is 0 Å². The fraction of sp³-hybridized carbons (Fsp3) is 0.867. The Labute approximate surface area is 212 Å².